The van der Waals surface area contributed by atoms with Crippen molar-refractivity contribution in [2.24, 2.45) is 0 Å². The summed E-state index contributed by atoms with van der Waals surface area (Å²) < 4.78 is 0. The van der Waals surface area contributed by atoms with Crippen LogP contribution in [-0.2, 0) is 13.1 Å². The summed E-state index contributed by atoms with van der Waals surface area (Å²) in [6.07, 6.45) is 5.26. The van der Waals surface area contributed by atoms with Crippen LogP contribution < -0.4 is 15.5 Å². The largest absolute Gasteiger partial charge is 0.354 e. The van der Waals surface area contributed by atoms with Crippen LogP contribution in [0.1, 0.15) is 18.1 Å². The maximum absolute atomic E-state index is 11.9. The van der Waals surface area contributed by atoms with Crippen LogP contribution in [0, 0.1) is 0 Å². The van der Waals surface area contributed by atoms with Gasteiger partial charge < -0.3 is 20.4 Å². The van der Waals surface area contributed by atoms with Crippen LogP contribution in [0.2, 0.25) is 0 Å². The molecule has 1 aliphatic heterocycles. The predicted molar refractivity (Wildman–Crippen MR) is 102 cm³/mol. The van der Waals surface area contributed by atoms with Crippen LogP contribution in [0.5, 0.6) is 0 Å². The minimum absolute atomic E-state index is 0.193. The minimum atomic E-state index is -0.193. The van der Waals surface area contributed by atoms with E-state index < -0.39 is 0 Å². The standard InChI is InChI=1S/C19H26N6O/c1-2-24-9-11-25(12-10-24)18-4-3-17(14-21-18)15-23-19(26)22-13-16-5-7-20-8-6-16/h3-8,14H,2,9-13,15H2,1H3,(H2,22,23,26). The SMILES string of the molecule is CCN1CCN(c2ccc(CNC(=O)NCc3ccncc3)cn2)CC1. The molecule has 7 nitrogen and oxygen atoms in total. The highest BCUT2D eigenvalue weighted by Crippen LogP contribution is 2.14. The lowest BCUT2D eigenvalue weighted by Crippen LogP contribution is -2.46. The van der Waals surface area contributed by atoms with Gasteiger partial charge in [0.05, 0.1) is 0 Å². The summed E-state index contributed by atoms with van der Waals surface area (Å²) in [5.41, 5.74) is 2.00. The zero-order chi connectivity index (χ0) is 18.2. The number of aromatic nitrogens is 2. The number of anilines is 1. The number of carbonyl (C=O) groups excluding carboxylic acids is 1. The second kappa shape index (κ2) is 9.15. The van der Waals surface area contributed by atoms with E-state index in [0.29, 0.717) is 13.1 Å². The van der Waals surface area contributed by atoms with E-state index in [0.717, 1.165) is 49.7 Å². The fourth-order valence-corrected chi connectivity index (χ4v) is 2.93. The molecule has 0 spiro atoms. The molecule has 0 unspecified atom stereocenters. The molecule has 2 aromatic rings. The van der Waals surface area contributed by atoms with Gasteiger partial charge in [-0.15, -0.1) is 0 Å². The van der Waals surface area contributed by atoms with Gasteiger partial charge in [-0.1, -0.05) is 13.0 Å². The molecule has 138 valence electrons. The molecule has 3 heterocycles. The highest BCUT2D eigenvalue weighted by atomic mass is 16.2. The van der Waals surface area contributed by atoms with Gasteiger partial charge in [0, 0.05) is 57.9 Å². The molecule has 0 atom stereocenters. The number of likely N-dealkylation sites (N-methyl/N-ethyl adjacent to an activating group) is 1. The zero-order valence-electron chi connectivity index (χ0n) is 15.2. The lowest BCUT2D eigenvalue weighted by molar-refractivity contribution is 0.240. The topological polar surface area (TPSA) is 73.4 Å². The van der Waals surface area contributed by atoms with E-state index in [2.05, 4.69) is 37.3 Å². The average Bonchev–Trinajstić information content (AvgIpc) is 2.72. The number of pyridine rings is 2. The summed E-state index contributed by atoms with van der Waals surface area (Å²) in [6, 6.07) is 7.62. The van der Waals surface area contributed by atoms with Gasteiger partial charge in [0.15, 0.2) is 0 Å². The first-order valence-corrected chi connectivity index (χ1v) is 9.07. The van der Waals surface area contributed by atoms with Crippen molar-refractivity contribution >= 4 is 11.8 Å². The molecule has 26 heavy (non-hydrogen) atoms. The van der Waals surface area contributed by atoms with Crippen molar-refractivity contribution in [2.45, 2.75) is 20.0 Å². The van der Waals surface area contributed by atoms with Gasteiger partial charge in [-0.05, 0) is 35.9 Å². The van der Waals surface area contributed by atoms with E-state index in [1.807, 2.05) is 30.5 Å². The molecule has 2 N–H and O–H groups in total. The van der Waals surface area contributed by atoms with Crippen molar-refractivity contribution in [3.63, 3.8) is 0 Å². The van der Waals surface area contributed by atoms with Gasteiger partial charge in [0.1, 0.15) is 5.82 Å². The number of piperazine rings is 1. The molecule has 0 saturated carbocycles. The average molecular weight is 354 g/mol. The highest BCUT2D eigenvalue weighted by Gasteiger charge is 2.16. The smallest absolute Gasteiger partial charge is 0.315 e. The third kappa shape index (κ3) is 5.16. The first-order chi connectivity index (χ1) is 12.7. The molecule has 1 fully saturated rings. The summed E-state index contributed by atoms with van der Waals surface area (Å²) in [5, 5.41) is 5.69. The third-order valence-electron chi connectivity index (χ3n) is 4.61. The summed E-state index contributed by atoms with van der Waals surface area (Å²) in [6.45, 7) is 8.43. The summed E-state index contributed by atoms with van der Waals surface area (Å²) in [4.78, 5) is 25.2. The molecule has 3 rings (SSSR count). The predicted octanol–water partition coefficient (Wildman–Crippen LogP) is 1.62. The van der Waals surface area contributed by atoms with E-state index in [4.69, 9.17) is 0 Å². The Labute approximate surface area is 154 Å². The maximum Gasteiger partial charge on any atom is 0.315 e. The van der Waals surface area contributed by atoms with Crippen LogP contribution in [0.25, 0.3) is 0 Å². The Morgan fingerprint density at radius 3 is 2.31 bits per heavy atom. The minimum Gasteiger partial charge on any atom is -0.354 e. The van der Waals surface area contributed by atoms with E-state index in [1.54, 1.807) is 12.4 Å². The van der Waals surface area contributed by atoms with Crippen LogP contribution in [0.3, 0.4) is 0 Å². The number of hydrogen-bond donors (Lipinski definition) is 2. The first-order valence-electron chi connectivity index (χ1n) is 9.07. The second-order valence-corrected chi connectivity index (χ2v) is 6.34. The van der Waals surface area contributed by atoms with Crippen molar-refractivity contribution in [3.05, 3.63) is 54.0 Å². The number of carbonyl (C=O) groups is 1. The first kappa shape index (κ1) is 18.1. The van der Waals surface area contributed by atoms with E-state index >= 15 is 0 Å². The number of amides is 2. The lowest BCUT2D eigenvalue weighted by atomic mass is 10.2. The maximum atomic E-state index is 11.9. The van der Waals surface area contributed by atoms with Crippen LogP contribution in [-0.4, -0.2) is 53.6 Å². The number of nitrogens with one attached hydrogen (secondary N) is 2. The van der Waals surface area contributed by atoms with Crippen molar-refractivity contribution in [3.8, 4) is 0 Å². The third-order valence-corrected chi connectivity index (χ3v) is 4.61. The van der Waals surface area contributed by atoms with E-state index in [1.165, 1.54) is 0 Å². The Morgan fingerprint density at radius 2 is 1.69 bits per heavy atom. The molecule has 1 aliphatic rings. The van der Waals surface area contributed by atoms with Crippen molar-refractivity contribution in [2.75, 3.05) is 37.6 Å². The Hall–Kier alpha value is -2.67. The van der Waals surface area contributed by atoms with E-state index in [-0.39, 0.29) is 6.03 Å². The van der Waals surface area contributed by atoms with Crippen LogP contribution in [0.15, 0.2) is 42.9 Å². The Morgan fingerprint density at radius 1 is 1.00 bits per heavy atom. The quantitative estimate of drug-likeness (QED) is 0.825. The van der Waals surface area contributed by atoms with Gasteiger partial charge in [0.2, 0.25) is 0 Å². The molecule has 0 radical (unpaired) electrons. The van der Waals surface area contributed by atoms with Crippen molar-refractivity contribution < 1.29 is 4.79 Å². The fourth-order valence-electron chi connectivity index (χ4n) is 2.93. The van der Waals surface area contributed by atoms with Crippen molar-refractivity contribution in [1.82, 2.24) is 25.5 Å². The summed E-state index contributed by atoms with van der Waals surface area (Å²) in [7, 11) is 0. The molecule has 0 aromatic carbocycles. The van der Waals surface area contributed by atoms with E-state index in [9.17, 15) is 4.79 Å². The normalized spacial score (nSPS) is 14.9. The fraction of sp³-hybridized carbons (Fsp3) is 0.421. The summed E-state index contributed by atoms with van der Waals surface area (Å²) in [5.74, 6) is 1.01. The van der Waals surface area contributed by atoms with Gasteiger partial charge in [0.25, 0.3) is 0 Å². The molecule has 0 aliphatic carbocycles. The van der Waals surface area contributed by atoms with Crippen LogP contribution >= 0.6 is 0 Å². The molecular weight excluding hydrogens is 328 g/mol. The number of hydrogen-bond acceptors (Lipinski definition) is 5. The molecule has 1 saturated heterocycles. The molecule has 2 aromatic heterocycles. The number of rotatable bonds is 6. The van der Waals surface area contributed by atoms with Crippen LogP contribution in [0.4, 0.5) is 10.6 Å². The Bertz CT molecular complexity index is 683. The lowest BCUT2D eigenvalue weighted by Gasteiger charge is -2.34. The van der Waals surface area contributed by atoms with Gasteiger partial charge in [-0.2, -0.15) is 0 Å². The molecule has 7 heteroatoms. The van der Waals surface area contributed by atoms with Gasteiger partial charge >= 0.3 is 6.03 Å². The van der Waals surface area contributed by atoms with Crippen molar-refractivity contribution in [1.29, 1.82) is 0 Å². The summed E-state index contributed by atoms with van der Waals surface area (Å²) >= 11 is 0. The number of urea groups is 1. The Kier molecular flexibility index (Phi) is 6.38. The molecule has 0 bridgehead atoms. The molecule has 2 amide bonds. The number of nitrogens with zero attached hydrogens (tertiary/aromatic N) is 4. The van der Waals surface area contributed by atoms with Gasteiger partial charge in [-0.25, -0.2) is 9.78 Å². The zero-order valence-corrected chi connectivity index (χ0v) is 15.2. The van der Waals surface area contributed by atoms with Gasteiger partial charge in [-0.3, -0.25) is 4.98 Å². The second-order valence-electron chi connectivity index (χ2n) is 6.34. The highest BCUT2D eigenvalue weighted by molar-refractivity contribution is 5.73. The monoisotopic (exact) mass is 354 g/mol. The molecular formula is C19H26N6O. The Balaban J connectivity index is 1.42.